The molecule has 132 valence electrons. The fourth-order valence-electron chi connectivity index (χ4n) is 3.10. The molecule has 4 nitrogen and oxygen atoms in total. The minimum Gasteiger partial charge on any atom is -0.483 e. The van der Waals surface area contributed by atoms with Crippen molar-refractivity contribution in [2.24, 2.45) is 0 Å². The van der Waals surface area contributed by atoms with Gasteiger partial charge in [0.2, 0.25) is 0 Å². The Balaban J connectivity index is 1.68. The number of anilines is 2. The van der Waals surface area contributed by atoms with Crippen LogP contribution in [0.15, 0.2) is 42.5 Å². The van der Waals surface area contributed by atoms with Gasteiger partial charge in [0.1, 0.15) is 5.75 Å². The third kappa shape index (κ3) is 4.45. The summed E-state index contributed by atoms with van der Waals surface area (Å²) in [7, 11) is 0. The van der Waals surface area contributed by atoms with Gasteiger partial charge in [0.15, 0.2) is 6.61 Å². The molecule has 5 heteroatoms. The first-order valence-electron chi connectivity index (χ1n) is 8.67. The van der Waals surface area contributed by atoms with Gasteiger partial charge >= 0.3 is 0 Å². The highest BCUT2D eigenvalue weighted by Gasteiger charge is 2.18. The second-order valence-electron chi connectivity index (χ2n) is 6.29. The second kappa shape index (κ2) is 8.26. The quantitative estimate of drug-likeness (QED) is 0.845. The highest BCUT2D eigenvalue weighted by atomic mass is 35.5. The van der Waals surface area contributed by atoms with E-state index in [1.54, 1.807) is 0 Å². The van der Waals surface area contributed by atoms with Crippen molar-refractivity contribution in [1.82, 2.24) is 0 Å². The number of rotatable bonds is 5. The summed E-state index contributed by atoms with van der Waals surface area (Å²) in [4.78, 5) is 14.6. The number of nitrogens with one attached hydrogen (secondary N) is 1. The number of hydrogen-bond acceptors (Lipinski definition) is 3. The van der Waals surface area contributed by atoms with Crippen LogP contribution >= 0.6 is 11.6 Å². The van der Waals surface area contributed by atoms with Crippen LogP contribution in [0.3, 0.4) is 0 Å². The van der Waals surface area contributed by atoms with Crippen LogP contribution < -0.4 is 15.0 Å². The SMILES string of the molecule is Cc1ccccc1OCC(=O)Nc1cccc(Cl)c1N1CCCCC1. The normalized spacial score (nSPS) is 14.2. The summed E-state index contributed by atoms with van der Waals surface area (Å²) in [5.74, 6) is 0.531. The number of para-hydroxylation sites is 2. The summed E-state index contributed by atoms with van der Waals surface area (Å²) < 4.78 is 5.63. The molecule has 0 aliphatic carbocycles. The van der Waals surface area contributed by atoms with E-state index in [1.807, 2.05) is 49.4 Å². The lowest BCUT2D eigenvalue weighted by Crippen LogP contribution is -2.31. The van der Waals surface area contributed by atoms with Gasteiger partial charge in [-0.05, 0) is 49.9 Å². The molecule has 0 bridgehead atoms. The smallest absolute Gasteiger partial charge is 0.262 e. The van der Waals surface area contributed by atoms with Crippen LogP contribution in [0.4, 0.5) is 11.4 Å². The molecule has 0 unspecified atom stereocenters. The van der Waals surface area contributed by atoms with Crippen LogP contribution in [0.2, 0.25) is 5.02 Å². The van der Waals surface area contributed by atoms with Gasteiger partial charge in [-0.1, -0.05) is 35.9 Å². The van der Waals surface area contributed by atoms with Gasteiger partial charge in [0.25, 0.3) is 5.91 Å². The number of halogens is 1. The predicted molar refractivity (Wildman–Crippen MR) is 103 cm³/mol. The van der Waals surface area contributed by atoms with Crippen LogP contribution in [0.1, 0.15) is 24.8 Å². The van der Waals surface area contributed by atoms with E-state index in [0.717, 1.165) is 48.6 Å². The third-order valence-corrected chi connectivity index (χ3v) is 4.69. The number of nitrogens with zero attached hydrogens (tertiary/aromatic N) is 1. The van der Waals surface area contributed by atoms with Gasteiger partial charge < -0.3 is 15.0 Å². The van der Waals surface area contributed by atoms with E-state index in [0.29, 0.717) is 5.02 Å². The summed E-state index contributed by atoms with van der Waals surface area (Å²) in [6, 6.07) is 13.3. The van der Waals surface area contributed by atoms with E-state index >= 15 is 0 Å². The lowest BCUT2D eigenvalue weighted by Gasteiger charge is -2.31. The number of amides is 1. The van der Waals surface area contributed by atoms with Crippen molar-refractivity contribution in [1.29, 1.82) is 0 Å². The molecule has 0 saturated carbocycles. The van der Waals surface area contributed by atoms with Crippen molar-refractivity contribution >= 4 is 28.9 Å². The minimum atomic E-state index is -0.191. The fourth-order valence-corrected chi connectivity index (χ4v) is 3.40. The molecule has 1 saturated heterocycles. The maximum absolute atomic E-state index is 12.3. The number of carbonyl (C=O) groups excluding carboxylic acids is 1. The topological polar surface area (TPSA) is 41.6 Å². The Morgan fingerprint density at radius 1 is 1.12 bits per heavy atom. The zero-order valence-corrected chi connectivity index (χ0v) is 15.2. The Hall–Kier alpha value is -2.20. The van der Waals surface area contributed by atoms with Crippen LogP contribution in [0.25, 0.3) is 0 Å². The molecule has 1 aliphatic rings. The average molecular weight is 359 g/mol. The first-order valence-corrected chi connectivity index (χ1v) is 9.04. The predicted octanol–water partition coefficient (Wildman–Crippen LogP) is 4.66. The van der Waals surface area contributed by atoms with Crippen molar-refractivity contribution in [3.63, 3.8) is 0 Å². The molecule has 25 heavy (non-hydrogen) atoms. The highest BCUT2D eigenvalue weighted by molar-refractivity contribution is 6.34. The molecule has 0 aromatic heterocycles. The van der Waals surface area contributed by atoms with Crippen molar-refractivity contribution in [2.75, 3.05) is 29.9 Å². The molecule has 0 spiro atoms. The zero-order chi connectivity index (χ0) is 17.6. The molecule has 1 N–H and O–H groups in total. The zero-order valence-electron chi connectivity index (χ0n) is 14.4. The van der Waals surface area contributed by atoms with Crippen LogP contribution in [-0.2, 0) is 4.79 Å². The van der Waals surface area contributed by atoms with E-state index in [1.165, 1.54) is 6.42 Å². The standard InChI is InChI=1S/C20H23ClN2O2/c1-15-8-3-4-11-18(15)25-14-19(24)22-17-10-7-9-16(21)20(17)23-12-5-2-6-13-23/h3-4,7-11H,2,5-6,12-14H2,1H3,(H,22,24). The maximum atomic E-state index is 12.3. The Morgan fingerprint density at radius 2 is 1.88 bits per heavy atom. The van der Waals surface area contributed by atoms with Gasteiger partial charge in [-0.3, -0.25) is 4.79 Å². The monoisotopic (exact) mass is 358 g/mol. The second-order valence-corrected chi connectivity index (χ2v) is 6.69. The number of benzene rings is 2. The molecule has 1 amide bonds. The number of aryl methyl sites for hydroxylation is 1. The molecule has 1 fully saturated rings. The number of piperidine rings is 1. The first-order chi connectivity index (χ1) is 12.1. The van der Waals surface area contributed by atoms with Crippen molar-refractivity contribution < 1.29 is 9.53 Å². The Morgan fingerprint density at radius 3 is 2.64 bits per heavy atom. The van der Waals surface area contributed by atoms with Crippen molar-refractivity contribution in [2.45, 2.75) is 26.2 Å². The first kappa shape index (κ1) is 17.6. The summed E-state index contributed by atoms with van der Waals surface area (Å²) in [5.41, 5.74) is 2.66. The molecule has 3 rings (SSSR count). The summed E-state index contributed by atoms with van der Waals surface area (Å²) >= 11 is 6.42. The van der Waals surface area contributed by atoms with Gasteiger partial charge in [-0.2, -0.15) is 0 Å². The molecule has 1 aliphatic heterocycles. The fraction of sp³-hybridized carbons (Fsp3) is 0.350. The molecule has 2 aromatic rings. The Kier molecular flexibility index (Phi) is 5.82. The van der Waals surface area contributed by atoms with Gasteiger partial charge in [0, 0.05) is 13.1 Å². The third-order valence-electron chi connectivity index (χ3n) is 4.39. The lowest BCUT2D eigenvalue weighted by atomic mass is 10.1. The summed E-state index contributed by atoms with van der Waals surface area (Å²) in [6.07, 6.45) is 3.54. The number of hydrogen-bond donors (Lipinski definition) is 1. The summed E-state index contributed by atoms with van der Waals surface area (Å²) in [6.45, 7) is 3.86. The Labute approximate surface area is 153 Å². The van der Waals surface area contributed by atoms with E-state index in [2.05, 4.69) is 10.2 Å². The molecule has 0 atom stereocenters. The highest BCUT2D eigenvalue weighted by Crippen LogP contribution is 2.35. The lowest BCUT2D eigenvalue weighted by molar-refractivity contribution is -0.118. The molecule has 0 radical (unpaired) electrons. The van der Waals surface area contributed by atoms with Gasteiger partial charge in [-0.15, -0.1) is 0 Å². The molecular formula is C20H23ClN2O2. The van der Waals surface area contributed by atoms with Crippen molar-refractivity contribution in [3.8, 4) is 5.75 Å². The van der Waals surface area contributed by atoms with Crippen LogP contribution in [0, 0.1) is 6.92 Å². The maximum Gasteiger partial charge on any atom is 0.262 e. The number of ether oxygens (including phenoxy) is 1. The molecular weight excluding hydrogens is 336 g/mol. The average Bonchev–Trinajstić information content (AvgIpc) is 2.62. The summed E-state index contributed by atoms with van der Waals surface area (Å²) in [5, 5.41) is 3.61. The van der Waals surface area contributed by atoms with E-state index in [-0.39, 0.29) is 12.5 Å². The van der Waals surface area contributed by atoms with E-state index < -0.39 is 0 Å². The molecule has 2 aromatic carbocycles. The van der Waals surface area contributed by atoms with E-state index in [9.17, 15) is 4.79 Å². The van der Waals surface area contributed by atoms with Gasteiger partial charge in [-0.25, -0.2) is 0 Å². The molecule has 1 heterocycles. The van der Waals surface area contributed by atoms with Crippen LogP contribution in [-0.4, -0.2) is 25.6 Å². The van der Waals surface area contributed by atoms with E-state index in [4.69, 9.17) is 16.3 Å². The minimum absolute atomic E-state index is 0.0309. The Bertz CT molecular complexity index is 742. The number of carbonyl (C=O) groups is 1. The van der Waals surface area contributed by atoms with Gasteiger partial charge in [0.05, 0.1) is 16.4 Å². The largest absolute Gasteiger partial charge is 0.483 e. The van der Waals surface area contributed by atoms with Crippen molar-refractivity contribution in [3.05, 3.63) is 53.1 Å². The van der Waals surface area contributed by atoms with Crippen LogP contribution in [0.5, 0.6) is 5.75 Å².